The third-order valence-electron chi connectivity index (χ3n) is 3.44. The van der Waals surface area contributed by atoms with E-state index in [9.17, 15) is 9.59 Å². The quantitative estimate of drug-likeness (QED) is 0.574. The molecule has 0 spiro atoms. The Bertz CT molecular complexity index is 323. The first-order valence-corrected chi connectivity index (χ1v) is 6.59. The molecule has 4 heteroatoms. The van der Waals surface area contributed by atoms with Gasteiger partial charge in [-0.15, -0.1) is 0 Å². The molecule has 1 aliphatic carbocycles. The highest BCUT2D eigenvalue weighted by Gasteiger charge is 2.34. The highest BCUT2D eigenvalue weighted by atomic mass is 16.5. The molecule has 2 atom stereocenters. The van der Waals surface area contributed by atoms with Crippen LogP contribution in [0, 0.1) is 11.3 Å². The van der Waals surface area contributed by atoms with Crippen molar-refractivity contribution in [1.29, 1.82) is 0 Å². The third kappa shape index (κ3) is 4.67. The average Bonchev–Trinajstić information content (AvgIpc) is 2.12. The number of nitrogens with zero attached hydrogens (tertiary/aromatic N) is 1. The Morgan fingerprint density at radius 2 is 1.89 bits per heavy atom. The number of esters is 1. The Kier molecular flexibility index (Phi) is 4.77. The summed E-state index contributed by atoms with van der Waals surface area (Å²) in [7, 11) is 3.28. The van der Waals surface area contributed by atoms with Gasteiger partial charge in [0.15, 0.2) is 0 Å². The van der Waals surface area contributed by atoms with Crippen LogP contribution in [0.15, 0.2) is 0 Å². The van der Waals surface area contributed by atoms with E-state index >= 15 is 0 Å². The first kappa shape index (κ1) is 15.0. The minimum absolute atomic E-state index is 0.0359. The van der Waals surface area contributed by atoms with Crippen LogP contribution >= 0.6 is 0 Å². The van der Waals surface area contributed by atoms with Gasteiger partial charge in [0.25, 0.3) is 0 Å². The second-order valence-electron chi connectivity index (χ2n) is 6.49. The monoisotopic (exact) mass is 255 g/mol. The van der Waals surface area contributed by atoms with Crippen molar-refractivity contribution >= 4 is 11.9 Å². The molecule has 1 saturated carbocycles. The zero-order valence-corrected chi connectivity index (χ0v) is 12.2. The summed E-state index contributed by atoms with van der Waals surface area (Å²) in [6, 6.07) is 0. The van der Waals surface area contributed by atoms with Crippen molar-refractivity contribution in [3.63, 3.8) is 0 Å². The van der Waals surface area contributed by atoms with E-state index in [4.69, 9.17) is 4.74 Å². The van der Waals surface area contributed by atoms with Crippen LogP contribution in [0.5, 0.6) is 0 Å². The number of rotatable bonds is 3. The predicted molar refractivity (Wildman–Crippen MR) is 70.0 cm³/mol. The van der Waals surface area contributed by atoms with Crippen LogP contribution in [0.2, 0.25) is 0 Å². The Hall–Kier alpha value is -1.06. The van der Waals surface area contributed by atoms with E-state index in [0.29, 0.717) is 5.92 Å². The van der Waals surface area contributed by atoms with Crippen LogP contribution in [-0.4, -0.2) is 37.0 Å². The Labute approximate surface area is 110 Å². The number of hydrogen-bond acceptors (Lipinski definition) is 3. The fraction of sp³-hybridized carbons (Fsp3) is 0.857. The molecule has 18 heavy (non-hydrogen) atoms. The summed E-state index contributed by atoms with van der Waals surface area (Å²) in [4.78, 5) is 24.5. The molecule has 0 heterocycles. The maximum Gasteiger partial charge on any atom is 0.315 e. The van der Waals surface area contributed by atoms with Gasteiger partial charge in [-0.2, -0.15) is 0 Å². The van der Waals surface area contributed by atoms with Gasteiger partial charge in [-0.25, -0.2) is 0 Å². The van der Waals surface area contributed by atoms with Crippen LogP contribution in [0.25, 0.3) is 0 Å². The molecule has 0 aromatic rings. The lowest BCUT2D eigenvalue weighted by atomic mass is 9.71. The van der Waals surface area contributed by atoms with Gasteiger partial charge in [-0.3, -0.25) is 9.59 Å². The highest BCUT2D eigenvalue weighted by molar-refractivity contribution is 5.94. The molecular formula is C14H25NO3. The number of carbonyl (C=O) groups excluding carboxylic acids is 2. The molecule has 1 fully saturated rings. The summed E-state index contributed by atoms with van der Waals surface area (Å²) in [5, 5.41) is 0. The zero-order chi connectivity index (χ0) is 13.9. The van der Waals surface area contributed by atoms with Crippen LogP contribution in [0.1, 0.15) is 46.5 Å². The zero-order valence-electron chi connectivity index (χ0n) is 12.2. The average molecular weight is 255 g/mol. The van der Waals surface area contributed by atoms with E-state index < -0.39 is 5.97 Å². The van der Waals surface area contributed by atoms with Gasteiger partial charge >= 0.3 is 5.97 Å². The summed E-state index contributed by atoms with van der Waals surface area (Å²) in [6.45, 7) is 6.59. The van der Waals surface area contributed by atoms with Crippen LogP contribution < -0.4 is 0 Å². The summed E-state index contributed by atoms with van der Waals surface area (Å²) >= 11 is 0. The molecule has 0 aromatic carbocycles. The highest BCUT2D eigenvalue weighted by Crippen LogP contribution is 2.39. The lowest BCUT2D eigenvalue weighted by Gasteiger charge is -2.38. The van der Waals surface area contributed by atoms with Gasteiger partial charge in [-0.1, -0.05) is 20.8 Å². The van der Waals surface area contributed by atoms with Crippen molar-refractivity contribution in [3.05, 3.63) is 0 Å². The fourth-order valence-corrected chi connectivity index (χ4v) is 2.86. The number of amides is 1. The molecule has 0 saturated heterocycles. The topological polar surface area (TPSA) is 46.6 Å². The van der Waals surface area contributed by atoms with Crippen molar-refractivity contribution < 1.29 is 14.3 Å². The van der Waals surface area contributed by atoms with E-state index in [0.717, 1.165) is 19.3 Å². The lowest BCUT2D eigenvalue weighted by Crippen LogP contribution is -2.35. The Morgan fingerprint density at radius 3 is 2.39 bits per heavy atom. The fourth-order valence-electron chi connectivity index (χ4n) is 2.86. The van der Waals surface area contributed by atoms with Gasteiger partial charge in [0.2, 0.25) is 5.91 Å². The normalized spacial score (nSPS) is 26.5. The summed E-state index contributed by atoms with van der Waals surface area (Å²) in [5.41, 5.74) is 0.216. The van der Waals surface area contributed by atoms with Gasteiger partial charge in [0, 0.05) is 14.1 Å². The molecule has 1 rings (SSSR count). The van der Waals surface area contributed by atoms with Crippen molar-refractivity contribution in [2.45, 2.75) is 52.6 Å². The molecule has 0 radical (unpaired) electrons. The lowest BCUT2D eigenvalue weighted by molar-refractivity contribution is -0.156. The second kappa shape index (κ2) is 5.72. The summed E-state index contributed by atoms with van der Waals surface area (Å²) in [5.74, 6) is -0.0391. The molecule has 104 valence electrons. The number of ether oxygens (including phenoxy) is 1. The van der Waals surface area contributed by atoms with Crippen molar-refractivity contribution in [3.8, 4) is 0 Å². The molecule has 0 bridgehead atoms. The Balaban J connectivity index is 2.47. The SMILES string of the molecule is CC1CC(OC(=O)CC(=O)N(C)C)CC(C)(C)C1. The standard InChI is InChI=1S/C14H25NO3/c1-10-6-11(9-14(2,3)8-10)18-13(17)7-12(16)15(4)5/h10-11H,6-9H2,1-5H3. The molecule has 4 nitrogen and oxygen atoms in total. The predicted octanol–water partition coefficient (Wildman–Crippen LogP) is 2.22. The van der Waals surface area contributed by atoms with Crippen molar-refractivity contribution in [2.75, 3.05) is 14.1 Å². The van der Waals surface area contributed by atoms with Crippen molar-refractivity contribution in [1.82, 2.24) is 4.90 Å². The maximum atomic E-state index is 11.7. The summed E-state index contributed by atoms with van der Waals surface area (Å²) in [6.07, 6.45) is 2.77. The number of carbonyl (C=O) groups is 2. The van der Waals surface area contributed by atoms with Gasteiger partial charge in [0.1, 0.15) is 12.5 Å². The molecule has 0 aliphatic heterocycles. The van der Waals surface area contributed by atoms with Crippen LogP contribution in [0.3, 0.4) is 0 Å². The first-order chi connectivity index (χ1) is 8.19. The molecule has 1 aliphatic rings. The van der Waals surface area contributed by atoms with E-state index in [1.807, 2.05) is 0 Å². The van der Waals surface area contributed by atoms with E-state index in [1.54, 1.807) is 14.1 Å². The number of hydrogen-bond donors (Lipinski definition) is 0. The Morgan fingerprint density at radius 1 is 1.28 bits per heavy atom. The van der Waals surface area contributed by atoms with Crippen LogP contribution in [-0.2, 0) is 14.3 Å². The van der Waals surface area contributed by atoms with Gasteiger partial charge in [0.05, 0.1) is 0 Å². The smallest absolute Gasteiger partial charge is 0.315 e. The van der Waals surface area contributed by atoms with E-state index in [2.05, 4.69) is 20.8 Å². The first-order valence-electron chi connectivity index (χ1n) is 6.59. The van der Waals surface area contributed by atoms with Gasteiger partial charge in [-0.05, 0) is 30.6 Å². The molecular weight excluding hydrogens is 230 g/mol. The van der Waals surface area contributed by atoms with E-state index in [1.165, 1.54) is 4.90 Å². The minimum Gasteiger partial charge on any atom is -0.462 e. The minimum atomic E-state index is -0.399. The molecule has 0 aromatic heterocycles. The van der Waals surface area contributed by atoms with Crippen LogP contribution in [0.4, 0.5) is 0 Å². The largest absolute Gasteiger partial charge is 0.462 e. The van der Waals surface area contributed by atoms with Gasteiger partial charge < -0.3 is 9.64 Å². The second-order valence-corrected chi connectivity index (χ2v) is 6.49. The van der Waals surface area contributed by atoms with Crippen molar-refractivity contribution in [2.24, 2.45) is 11.3 Å². The van der Waals surface area contributed by atoms with E-state index in [-0.39, 0.29) is 23.8 Å². The maximum absolute atomic E-state index is 11.7. The molecule has 1 amide bonds. The molecule has 0 N–H and O–H groups in total. The third-order valence-corrected chi connectivity index (χ3v) is 3.44. The summed E-state index contributed by atoms with van der Waals surface area (Å²) < 4.78 is 5.43. The molecule has 2 unspecified atom stereocenters.